The maximum atomic E-state index is 11.7. The number of halogens is 1. The highest BCUT2D eigenvalue weighted by atomic mass is 79.9. The van der Waals surface area contributed by atoms with E-state index in [2.05, 4.69) is 26.1 Å². The molecule has 9 heteroatoms. The quantitative estimate of drug-likeness (QED) is 0.598. The molecule has 2 amide bonds. The van der Waals surface area contributed by atoms with Crippen molar-refractivity contribution in [3.63, 3.8) is 0 Å². The van der Waals surface area contributed by atoms with Crippen molar-refractivity contribution in [3.8, 4) is 11.3 Å². The molecule has 0 unspecified atom stereocenters. The molecule has 0 bridgehead atoms. The average molecular weight is 454 g/mol. The Morgan fingerprint density at radius 3 is 2.07 bits per heavy atom. The Hall–Kier alpha value is -2.42. The average Bonchev–Trinajstić information content (AvgIpc) is 3.00. The van der Waals surface area contributed by atoms with Crippen molar-refractivity contribution in [1.82, 2.24) is 10.1 Å². The predicted molar refractivity (Wildman–Crippen MR) is 108 cm³/mol. The van der Waals surface area contributed by atoms with Crippen LogP contribution in [0.2, 0.25) is 0 Å². The monoisotopic (exact) mass is 453 g/mol. The zero-order valence-corrected chi connectivity index (χ0v) is 18.3. The third-order valence-electron chi connectivity index (χ3n) is 4.15. The number of aromatic nitrogens is 2. The van der Waals surface area contributed by atoms with Gasteiger partial charge >= 0.3 is 12.2 Å². The molecular weight excluding hydrogens is 430 g/mol. The fraction of sp³-hybridized carbons (Fsp3) is 0.474. The van der Waals surface area contributed by atoms with Crippen LogP contribution >= 0.6 is 15.9 Å². The summed E-state index contributed by atoms with van der Waals surface area (Å²) in [6.07, 6.45) is -1.75. The molecule has 0 aliphatic rings. The van der Waals surface area contributed by atoms with Gasteiger partial charge in [0.05, 0.1) is 11.3 Å². The van der Waals surface area contributed by atoms with E-state index in [-0.39, 0.29) is 21.9 Å². The van der Waals surface area contributed by atoms with E-state index in [0.717, 1.165) is 11.1 Å². The number of pyridine rings is 1. The molecule has 0 saturated heterocycles. The summed E-state index contributed by atoms with van der Waals surface area (Å²) in [5.74, 6) is 0.0377. The van der Waals surface area contributed by atoms with Crippen molar-refractivity contribution in [2.45, 2.75) is 57.7 Å². The van der Waals surface area contributed by atoms with Gasteiger partial charge in [0.15, 0.2) is 11.6 Å². The fourth-order valence-electron chi connectivity index (χ4n) is 3.01. The van der Waals surface area contributed by atoms with E-state index in [0.29, 0.717) is 16.6 Å². The third kappa shape index (κ3) is 4.19. The Bertz CT molecular complexity index is 895. The Labute approximate surface area is 171 Å². The van der Waals surface area contributed by atoms with Gasteiger partial charge in [-0.3, -0.25) is 0 Å². The number of amides is 2. The minimum atomic E-state index is -1.65. The molecule has 2 N–H and O–H groups in total. The van der Waals surface area contributed by atoms with Gasteiger partial charge < -0.3 is 14.7 Å². The standard InChI is InChI=1S/C19H24BrN3O5/c1-18(2,3)11-9-21-15(23(16(24)25)17(26)27)13(14(11)19(4,5)6)12-7-10(8-20)22-28-12/h7,9H,8H2,1-6H3,(H,24,25)(H,26,27). The second-order valence-electron chi connectivity index (χ2n) is 8.46. The van der Waals surface area contributed by atoms with Crippen molar-refractivity contribution in [2.75, 3.05) is 4.90 Å². The number of nitrogens with zero attached hydrogens (tertiary/aromatic N) is 3. The van der Waals surface area contributed by atoms with Gasteiger partial charge in [0, 0.05) is 17.6 Å². The Kier molecular flexibility index (Phi) is 5.89. The van der Waals surface area contributed by atoms with Crippen LogP contribution in [0.3, 0.4) is 0 Å². The summed E-state index contributed by atoms with van der Waals surface area (Å²) in [7, 11) is 0. The van der Waals surface area contributed by atoms with Crippen LogP contribution < -0.4 is 4.90 Å². The highest BCUT2D eigenvalue weighted by molar-refractivity contribution is 9.08. The number of hydrogen-bond donors (Lipinski definition) is 2. The maximum Gasteiger partial charge on any atom is 0.422 e. The zero-order valence-electron chi connectivity index (χ0n) is 16.7. The molecule has 0 fully saturated rings. The summed E-state index contributed by atoms with van der Waals surface area (Å²) in [5.41, 5.74) is 1.75. The molecule has 0 atom stereocenters. The maximum absolute atomic E-state index is 11.7. The number of carbonyl (C=O) groups is 2. The van der Waals surface area contributed by atoms with Gasteiger partial charge in [-0.25, -0.2) is 14.6 Å². The van der Waals surface area contributed by atoms with Crippen molar-refractivity contribution < 1.29 is 24.3 Å². The van der Waals surface area contributed by atoms with Gasteiger partial charge in [0.1, 0.15) is 0 Å². The SMILES string of the molecule is CC(C)(C)c1cnc(N(C(=O)O)C(=O)O)c(-c2cc(CBr)no2)c1C(C)(C)C. The van der Waals surface area contributed by atoms with E-state index in [9.17, 15) is 19.8 Å². The van der Waals surface area contributed by atoms with Crippen molar-refractivity contribution in [1.29, 1.82) is 0 Å². The molecule has 0 aliphatic carbocycles. The first-order chi connectivity index (χ1) is 12.8. The predicted octanol–water partition coefficient (Wildman–Crippen LogP) is 5.39. The molecule has 0 aromatic carbocycles. The van der Waals surface area contributed by atoms with Gasteiger partial charge in [-0.1, -0.05) is 62.6 Å². The Morgan fingerprint density at radius 2 is 1.68 bits per heavy atom. The lowest BCUT2D eigenvalue weighted by Gasteiger charge is -2.33. The van der Waals surface area contributed by atoms with E-state index in [1.165, 1.54) is 0 Å². The molecule has 2 heterocycles. The third-order valence-corrected chi connectivity index (χ3v) is 4.73. The number of hydrogen-bond acceptors (Lipinski definition) is 5. The molecule has 2 aromatic heterocycles. The lowest BCUT2D eigenvalue weighted by Crippen LogP contribution is -2.36. The smallest absolute Gasteiger partial charge is 0.422 e. The van der Waals surface area contributed by atoms with Crippen LogP contribution in [0.15, 0.2) is 16.8 Å². The second-order valence-corrected chi connectivity index (χ2v) is 9.02. The number of alkyl halides is 1. The zero-order chi connectivity index (χ0) is 21.4. The number of carboxylic acid groups (broad SMARTS) is 2. The number of anilines is 1. The summed E-state index contributed by atoms with van der Waals surface area (Å²) in [5, 5.41) is 23.4. The largest absolute Gasteiger partial charge is 0.464 e. The lowest BCUT2D eigenvalue weighted by molar-refractivity contribution is 0.184. The van der Waals surface area contributed by atoms with Crippen LogP contribution in [0.4, 0.5) is 15.4 Å². The molecule has 0 saturated carbocycles. The van der Waals surface area contributed by atoms with E-state index in [1.807, 2.05) is 41.5 Å². The lowest BCUT2D eigenvalue weighted by atomic mass is 9.73. The van der Waals surface area contributed by atoms with Crippen LogP contribution in [0.5, 0.6) is 0 Å². The van der Waals surface area contributed by atoms with Crippen LogP contribution in [0.25, 0.3) is 11.3 Å². The first-order valence-corrected chi connectivity index (χ1v) is 9.73. The van der Waals surface area contributed by atoms with Crippen LogP contribution in [0, 0.1) is 0 Å². The molecule has 8 nitrogen and oxygen atoms in total. The number of rotatable bonds is 3. The first-order valence-electron chi connectivity index (χ1n) is 8.61. The normalized spacial score (nSPS) is 12.1. The van der Waals surface area contributed by atoms with Gasteiger partial charge in [0.2, 0.25) is 0 Å². The van der Waals surface area contributed by atoms with Gasteiger partial charge in [-0.2, -0.15) is 4.90 Å². The summed E-state index contributed by atoms with van der Waals surface area (Å²) < 4.78 is 5.46. The highest BCUT2D eigenvalue weighted by Gasteiger charge is 2.36. The van der Waals surface area contributed by atoms with Crippen molar-refractivity contribution in [3.05, 3.63) is 29.1 Å². The van der Waals surface area contributed by atoms with E-state index >= 15 is 0 Å². The first kappa shape index (κ1) is 21.9. The van der Waals surface area contributed by atoms with Crippen LogP contribution in [-0.4, -0.2) is 32.5 Å². The van der Waals surface area contributed by atoms with Crippen molar-refractivity contribution in [2.24, 2.45) is 0 Å². The van der Waals surface area contributed by atoms with Crippen LogP contribution in [-0.2, 0) is 16.2 Å². The summed E-state index contributed by atoms with van der Waals surface area (Å²) >= 11 is 3.30. The molecule has 0 spiro atoms. The summed E-state index contributed by atoms with van der Waals surface area (Å²) in [6, 6.07) is 1.65. The highest BCUT2D eigenvalue weighted by Crippen LogP contribution is 2.44. The van der Waals surface area contributed by atoms with Crippen LogP contribution in [0.1, 0.15) is 58.4 Å². The van der Waals surface area contributed by atoms with Gasteiger partial charge in [-0.05, 0) is 22.0 Å². The Morgan fingerprint density at radius 1 is 1.11 bits per heavy atom. The summed E-state index contributed by atoms with van der Waals surface area (Å²) in [4.78, 5) is 27.8. The fourth-order valence-corrected chi connectivity index (χ4v) is 3.27. The summed E-state index contributed by atoms with van der Waals surface area (Å²) in [6.45, 7) is 12.0. The molecule has 0 radical (unpaired) electrons. The minimum absolute atomic E-state index is 0.202. The Balaban J connectivity index is 3.02. The molecule has 0 aliphatic heterocycles. The topological polar surface area (TPSA) is 117 Å². The second kappa shape index (κ2) is 7.54. The molecular formula is C19H24BrN3O5. The van der Waals surface area contributed by atoms with Gasteiger partial charge in [-0.15, -0.1) is 0 Å². The number of imide groups is 1. The van der Waals surface area contributed by atoms with E-state index in [1.54, 1.807) is 12.3 Å². The molecule has 28 heavy (non-hydrogen) atoms. The van der Waals surface area contributed by atoms with E-state index in [4.69, 9.17) is 4.52 Å². The molecule has 152 valence electrons. The van der Waals surface area contributed by atoms with E-state index < -0.39 is 17.6 Å². The van der Waals surface area contributed by atoms with Crippen molar-refractivity contribution >= 4 is 33.9 Å². The molecule has 2 rings (SSSR count). The minimum Gasteiger partial charge on any atom is -0.464 e. The van der Waals surface area contributed by atoms with Gasteiger partial charge in [0.25, 0.3) is 0 Å². The molecule has 2 aromatic rings.